The van der Waals surface area contributed by atoms with Crippen molar-refractivity contribution >= 4 is 15.7 Å². The molecule has 0 saturated carbocycles. The average molecular weight is 314 g/mol. The molecule has 1 aromatic carbocycles. The zero-order chi connectivity index (χ0) is 15.6. The number of hydrogen-bond donors (Lipinski definition) is 2. The van der Waals surface area contributed by atoms with Crippen molar-refractivity contribution in [1.82, 2.24) is 14.9 Å². The zero-order valence-corrected chi connectivity index (χ0v) is 12.4. The van der Waals surface area contributed by atoms with Crippen molar-refractivity contribution < 1.29 is 17.3 Å². The monoisotopic (exact) mass is 314 g/mol. The van der Waals surface area contributed by atoms with E-state index in [0.29, 0.717) is 11.7 Å². The lowest BCUT2D eigenvalue weighted by atomic mass is 10.2. The van der Waals surface area contributed by atoms with Crippen molar-refractivity contribution in [3.8, 4) is 0 Å². The van der Waals surface area contributed by atoms with Gasteiger partial charge < -0.3 is 10.3 Å². The molecule has 7 nitrogen and oxygen atoms in total. The van der Waals surface area contributed by atoms with Gasteiger partial charge in [0.25, 0.3) is 0 Å². The fourth-order valence-electron chi connectivity index (χ4n) is 1.65. The van der Waals surface area contributed by atoms with E-state index < -0.39 is 15.8 Å². The van der Waals surface area contributed by atoms with Crippen LogP contribution in [0.25, 0.3) is 0 Å². The van der Waals surface area contributed by atoms with Gasteiger partial charge in [-0.15, -0.1) is 0 Å². The largest absolute Gasteiger partial charge is 0.398 e. The molecule has 0 aliphatic rings. The Balaban J connectivity index is 2.08. The van der Waals surface area contributed by atoms with Crippen LogP contribution in [0.4, 0.5) is 10.1 Å². The van der Waals surface area contributed by atoms with Gasteiger partial charge in [0.05, 0.1) is 4.90 Å². The van der Waals surface area contributed by atoms with E-state index in [1.807, 2.05) is 0 Å². The molecule has 114 valence electrons. The van der Waals surface area contributed by atoms with E-state index in [2.05, 4.69) is 14.9 Å². The lowest BCUT2D eigenvalue weighted by molar-refractivity contribution is 0.375. The number of nitrogens with two attached hydrogens (primary N) is 1. The van der Waals surface area contributed by atoms with Gasteiger partial charge in [0.1, 0.15) is 5.82 Å². The summed E-state index contributed by atoms with van der Waals surface area (Å²) in [6.45, 7) is 3.20. The van der Waals surface area contributed by atoms with Crippen LogP contribution in [0.5, 0.6) is 0 Å². The van der Waals surface area contributed by atoms with Gasteiger partial charge >= 0.3 is 0 Å². The molecule has 2 rings (SSSR count). The normalized spacial score (nSPS) is 11.8. The number of anilines is 1. The van der Waals surface area contributed by atoms with Crippen molar-refractivity contribution in [3.63, 3.8) is 0 Å². The Kier molecular flexibility index (Phi) is 4.24. The molecule has 0 unspecified atom stereocenters. The summed E-state index contributed by atoms with van der Waals surface area (Å²) in [6, 6.07) is 2.16. The molecule has 0 saturated heterocycles. The molecular formula is C12H15FN4O3S. The molecule has 1 aromatic heterocycles. The first-order chi connectivity index (χ1) is 9.79. The SMILES string of the molecule is Cc1noc(CCNS(=O)(=O)c2cc(N)c(C)c(F)c2)n1. The van der Waals surface area contributed by atoms with Gasteiger partial charge in [-0.25, -0.2) is 17.5 Å². The third kappa shape index (κ3) is 3.56. The number of aromatic nitrogens is 2. The molecule has 2 aromatic rings. The predicted molar refractivity (Wildman–Crippen MR) is 73.5 cm³/mol. The van der Waals surface area contributed by atoms with E-state index in [1.165, 1.54) is 13.0 Å². The number of benzene rings is 1. The number of rotatable bonds is 5. The summed E-state index contributed by atoms with van der Waals surface area (Å²) < 4.78 is 44.8. The van der Waals surface area contributed by atoms with Crippen molar-refractivity contribution in [1.29, 1.82) is 0 Å². The Labute approximate surface area is 121 Å². The van der Waals surface area contributed by atoms with Crippen molar-refractivity contribution in [2.24, 2.45) is 0 Å². The Morgan fingerprint density at radius 3 is 2.67 bits per heavy atom. The number of halogens is 1. The van der Waals surface area contributed by atoms with E-state index >= 15 is 0 Å². The first-order valence-electron chi connectivity index (χ1n) is 6.14. The van der Waals surface area contributed by atoms with Crippen LogP contribution in [0.15, 0.2) is 21.6 Å². The quantitative estimate of drug-likeness (QED) is 0.794. The molecule has 0 spiro atoms. The van der Waals surface area contributed by atoms with Crippen molar-refractivity contribution in [2.45, 2.75) is 25.2 Å². The number of nitrogen functional groups attached to an aromatic ring is 1. The average Bonchev–Trinajstić information content (AvgIpc) is 2.81. The fourth-order valence-corrected chi connectivity index (χ4v) is 2.72. The number of sulfonamides is 1. The highest BCUT2D eigenvalue weighted by atomic mass is 32.2. The highest BCUT2D eigenvalue weighted by Gasteiger charge is 2.17. The molecule has 0 aliphatic heterocycles. The molecule has 0 bridgehead atoms. The zero-order valence-electron chi connectivity index (χ0n) is 11.6. The molecular weight excluding hydrogens is 299 g/mol. The molecule has 1 heterocycles. The Bertz CT molecular complexity index is 735. The third-order valence-electron chi connectivity index (χ3n) is 2.87. The van der Waals surface area contributed by atoms with E-state index in [9.17, 15) is 12.8 Å². The number of nitrogens with one attached hydrogen (secondary N) is 1. The van der Waals surface area contributed by atoms with Crippen molar-refractivity contribution in [2.75, 3.05) is 12.3 Å². The Hall–Kier alpha value is -2.00. The summed E-state index contributed by atoms with van der Waals surface area (Å²) >= 11 is 0. The summed E-state index contributed by atoms with van der Waals surface area (Å²) in [7, 11) is -3.85. The maximum Gasteiger partial charge on any atom is 0.240 e. The minimum atomic E-state index is -3.85. The van der Waals surface area contributed by atoms with Crippen LogP contribution in [0, 0.1) is 19.7 Å². The summed E-state index contributed by atoms with van der Waals surface area (Å²) in [4.78, 5) is 3.73. The van der Waals surface area contributed by atoms with E-state index in [1.54, 1.807) is 6.92 Å². The fraction of sp³-hybridized carbons (Fsp3) is 0.333. The van der Waals surface area contributed by atoms with Crippen LogP contribution in [0.2, 0.25) is 0 Å². The first kappa shape index (κ1) is 15.4. The lowest BCUT2D eigenvalue weighted by Crippen LogP contribution is -2.26. The number of aryl methyl sites for hydroxylation is 1. The smallest absolute Gasteiger partial charge is 0.240 e. The molecule has 9 heteroatoms. The van der Waals surface area contributed by atoms with Crippen LogP contribution in [0.1, 0.15) is 17.3 Å². The summed E-state index contributed by atoms with van der Waals surface area (Å²) in [5.41, 5.74) is 5.88. The second-order valence-electron chi connectivity index (χ2n) is 4.50. The maximum atomic E-state index is 13.6. The molecule has 0 aliphatic carbocycles. The van der Waals surface area contributed by atoms with Crippen LogP contribution in [0.3, 0.4) is 0 Å². The van der Waals surface area contributed by atoms with Crippen LogP contribution in [-0.4, -0.2) is 25.1 Å². The van der Waals surface area contributed by atoms with Crippen LogP contribution >= 0.6 is 0 Å². The van der Waals surface area contributed by atoms with Crippen LogP contribution in [-0.2, 0) is 16.4 Å². The molecule has 0 fully saturated rings. The molecule has 0 atom stereocenters. The number of nitrogens with zero attached hydrogens (tertiary/aromatic N) is 2. The van der Waals surface area contributed by atoms with Gasteiger partial charge in [-0.2, -0.15) is 4.98 Å². The van der Waals surface area contributed by atoms with Gasteiger partial charge in [0, 0.05) is 24.2 Å². The van der Waals surface area contributed by atoms with E-state index in [0.717, 1.165) is 6.07 Å². The Morgan fingerprint density at radius 2 is 2.10 bits per heavy atom. The van der Waals surface area contributed by atoms with Crippen LogP contribution < -0.4 is 10.5 Å². The predicted octanol–water partition coefficient (Wildman–Crippen LogP) is 0.929. The topological polar surface area (TPSA) is 111 Å². The third-order valence-corrected chi connectivity index (χ3v) is 4.31. The molecule has 0 radical (unpaired) electrons. The highest BCUT2D eigenvalue weighted by molar-refractivity contribution is 7.89. The first-order valence-corrected chi connectivity index (χ1v) is 7.62. The standard InChI is InChI=1S/C12H15FN4O3S/c1-7-10(13)5-9(6-11(7)14)21(18,19)15-4-3-12-16-8(2)17-20-12/h5-6,15H,3-4,14H2,1-2H3. The summed E-state index contributed by atoms with van der Waals surface area (Å²) in [5.74, 6) is 0.133. The Morgan fingerprint density at radius 1 is 1.38 bits per heavy atom. The van der Waals surface area contributed by atoms with Crippen molar-refractivity contribution in [3.05, 3.63) is 35.2 Å². The van der Waals surface area contributed by atoms with E-state index in [4.69, 9.17) is 10.3 Å². The van der Waals surface area contributed by atoms with Gasteiger partial charge in [0.2, 0.25) is 15.9 Å². The van der Waals surface area contributed by atoms with Gasteiger partial charge in [-0.3, -0.25) is 0 Å². The maximum absolute atomic E-state index is 13.6. The van der Waals surface area contributed by atoms with Gasteiger partial charge in [-0.05, 0) is 26.0 Å². The number of hydrogen-bond acceptors (Lipinski definition) is 6. The van der Waals surface area contributed by atoms with E-state index in [-0.39, 0.29) is 29.1 Å². The molecule has 21 heavy (non-hydrogen) atoms. The van der Waals surface area contributed by atoms with Gasteiger partial charge in [-0.1, -0.05) is 5.16 Å². The lowest BCUT2D eigenvalue weighted by Gasteiger charge is -2.08. The second kappa shape index (κ2) is 5.78. The second-order valence-corrected chi connectivity index (χ2v) is 6.27. The van der Waals surface area contributed by atoms with Gasteiger partial charge in [0.15, 0.2) is 5.82 Å². The summed E-state index contributed by atoms with van der Waals surface area (Å²) in [5, 5.41) is 3.59. The summed E-state index contributed by atoms with van der Waals surface area (Å²) in [6.07, 6.45) is 0.240. The minimum absolute atomic E-state index is 0.0549. The highest BCUT2D eigenvalue weighted by Crippen LogP contribution is 2.20. The molecule has 3 N–H and O–H groups in total. The molecule has 0 amide bonds. The minimum Gasteiger partial charge on any atom is -0.398 e.